The van der Waals surface area contributed by atoms with E-state index in [0.29, 0.717) is 18.3 Å². The quantitative estimate of drug-likeness (QED) is 0.806. The van der Waals surface area contributed by atoms with Crippen LogP contribution in [0.2, 0.25) is 0 Å². The number of carbonyl (C=O) groups excluding carboxylic acids is 1. The smallest absolute Gasteiger partial charge is 0.224 e. The molecule has 1 rings (SSSR count). The molecule has 2 N–H and O–H groups in total. The summed E-state index contributed by atoms with van der Waals surface area (Å²) in [5, 5.41) is 9.84. The molecule has 90 valence electrons. The molecule has 0 saturated carbocycles. The molecular formula is C12H21N3O. The molecule has 0 aliphatic carbocycles. The largest absolute Gasteiger partial charge is 0.323 e. The van der Waals surface area contributed by atoms with Crippen LogP contribution in [0.5, 0.6) is 0 Å². The first kappa shape index (κ1) is 12.7. The molecule has 4 heteroatoms. The highest BCUT2D eigenvalue weighted by atomic mass is 16.1. The van der Waals surface area contributed by atoms with Crippen LogP contribution in [0.1, 0.15) is 39.8 Å². The fourth-order valence-electron chi connectivity index (χ4n) is 1.54. The van der Waals surface area contributed by atoms with Gasteiger partial charge in [0, 0.05) is 12.6 Å². The summed E-state index contributed by atoms with van der Waals surface area (Å²) in [5.74, 6) is 0.964. The van der Waals surface area contributed by atoms with Crippen molar-refractivity contribution in [2.24, 2.45) is 11.8 Å². The van der Waals surface area contributed by atoms with E-state index >= 15 is 0 Å². The zero-order chi connectivity index (χ0) is 12.1. The number of H-pyrrole nitrogens is 1. The average Bonchev–Trinajstić information content (AvgIpc) is 2.50. The highest BCUT2D eigenvalue weighted by Gasteiger charge is 2.11. The molecule has 0 aliphatic rings. The normalized spacial score (nSPS) is 11.1. The van der Waals surface area contributed by atoms with Crippen LogP contribution >= 0.6 is 0 Å². The van der Waals surface area contributed by atoms with E-state index in [0.717, 1.165) is 17.8 Å². The van der Waals surface area contributed by atoms with E-state index in [1.165, 1.54) is 0 Å². The van der Waals surface area contributed by atoms with Crippen LogP contribution in [-0.2, 0) is 11.2 Å². The molecule has 1 aromatic heterocycles. The van der Waals surface area contributed by atoms with Crippen molar-refractivity contribution < 1.29 is 4.79 Å². The lowest BCUT2D eigenvalue weighted by atomic mass is 10.1. The van der Waals surface area contributed by atoms with Crippen molar-refractivity contribution in [3.05, 3.63) is 11.9 Å². The number of nitrogens with one attached hydrogen (secondary N) is 2. The Kier molecular flexibility index (Phi) is 4.52. The Labute approximate surface area is 96.8 Å². The third-order valence-corrected chi connectivity index (χ3v) is 2.19. The van der Waals surface area contributed by atoms with Crippen molar-refractivity contribution in [3.8, 4) is 0 Å². The molecular weight excluding hydrogens is 202 g/mol. The number of hydrogen-bond acceptors (Lipinski definition) is 2. The van der Waals surface area contributed by atoms with Gasteiger partial charge in [-0.15, -0.1) is 0 Å². The lowest BCUT2D eigenvalue weighted by molar-refractivity contribution is -0.116. The van der Waals surface area contributed by atoms with Crippen LogP contribution in [0, 0.1) is 11.8 Å². The van der Waals surface area contributed by atoms with E-state index in [4.69, 9.17) is 0 Å². The third kappa shape index (κ3) is 4.04. The first-order valence-electron chi connectivity index (χ1n) is 5.81. The van der Waals surface area contributed by atoms with Gasteiger partial charge in [-0.25, -0.2) is 0 Å². The van der Waals surface area contributed by atoms with E-state index in [2.05, 4.69) is 29.4 Å². The average molecular weight is 223 g/mol. The maximum Gasteiger partial charge on any atom is 0.224 e. The highest BCUT2D eigenvalue weighted by molar-refractivity contribution is 5.91. The fraction of sp³-hybridized carbons (Fsp3) is 0.667. The molecule has 0 aliphatic heterocycles. The Morgan fingerprint density at radius 3 is 2.62 bits per heavy atom. The summed E-state index contributed by atoms with van der Waals surface area (Å²) in [6.45, 7) is 8.33. The van der Waals surface area contributed by atoms with E-state index in [1.54, 1.807) is 6.20 Å². The maximum absolute atomic E-state index is 11.6. The summed E-state index contributed by atoms with van der Waals surface area (Å²) >= 11 is 0. The molecule has 1 amide bonds. The third-order valence-electron chi connectivity index (χ3n) is 2.19. The molecule has 0 unspecified atom stereocenters. The van der Waals surface area contributed by atoms with E-state index in [1.807, 2.05) is 13.8 Å². The molecule has 16 heavy (non-hydrogen) atoms. The van der Waals surface area contributed by atoms with Gasteiger partial charge in [-0.05, 0) is 18.3 Å². The number of hydrogen-bond donors (Lipinski definition) is 2. The molecule has 0 aromatic carbocycles. The number of anilines is 1. The predicted octanol–water partition coefficient (Wildman–Crippen LogP) is 2.59. The van der Waals surface area contributed by atoms with Gasteiger partial charge in [-0.1, -0.05) is 27.7 Å². The lowest BCUT2D eigenvalue weighted by Gasteiger charge is -2.08. The Morgan fingerprint density at radius 1 is 1.38 bits per heavy atom. The summed E-state index contributed by atoms with van der Waals surface area (Å²) in [7, 11) is 0. The Balaban J connectivity index is 2.59. The highest BCUT2D eigenvalue weighted by Crippen LogP contribution is 2.16. The molecule has 0 saturated heterocycles. The lowest BCUT2D eigenvalue weighted by Crippen LogP contribution is -2.14. The molecule has 0 bridgehead atoms. The van der Waals surface area contributed by atoms with Gasteiger partial charge in [-0.3, -0.25) is 9.89 Å². The minimum Gasteiger partial charge on any atom is -0.323 e. The van der Waals surface area contributed by atoms with Gasteiger partial charge < -0.3 is 5.32 Å². The summed E-state index contributed by atoms with van der Waals surface area (Å²) in [5.41, 5.74) is 1.76. The molecule has 1 heterocycles. The number of carbonyl (C=O) groups is 1. The SMILES string of the molecule is CC(C)CC(=O)Nc1c[nH]nc1CC(C)C. The summed E-state index contributed by atoms with van der Waals surface area (Å²) in [6, 6.07) is 0. The number of rotatable bonds is 5. The van der Waals surface area contributed by atoms with Crippen LogP contribution in [0.15, 0.2) is 6.20 Å². The molecule has 0 atom stereocenters. The summed E-state index contributed by atoms with van der Waals surface area (Å²) in [4.78, 5) is 11.6. The number of amides is 1. The monoisotopic (exact) mass is 223 g/mol. The van der Waals surface area contributed by atoms with Gasteiger partial charge in [0.1, 0.15) is 0 Å². The minimum atomic E-state index is 0.0569. The molecule has 0 radical (unpaired) electrons. The number of aromatic amines is 1. The van der Waals surface area contributed by atoms with Gasteiger partial charge in [0.2, 0.25) is 5.91 Å². The second-order valence-electron chi connectivity index (χ2n) is 4.99. The number of aromatic nitrogens is 2. The molecule has 4 nitrogen and oxygen atoms in total. The van der Waals surface area contributed by atoms with E-state index < -0.39 is 0 Å². The van der Waals surface area contributed by atoms with Crippen molar-refractivity contribution in [3.63, 3.8) is 0 Å². The van der Waals surface area contributed by atoms with Gasteiger partial charge in [0.15, 0.2) is 0 Å². The van der Waals surface area contributed by atoms with Crippen molar-refractivity contribution >= 4 is 11.6 Å². The predicted molar refractivity (Wildman–Crippen MR) is 65.2 cm³/mol. The van der Waals surface area contributed by atoms with Crippen LogP contribution in [0.4, 0.5) is 5.69 Å². The standard InChI is InChI=1S/C12H21N3O/c1-8(2)5-10-11(7-13-15-10)14-12(16)6-9(3)4/h7-9H,5-6H2,1-4H3,(H,13,15)(H,14,16). The van der Waals surface area contributed by atoms with Crippen molar-refractivity contribution in [2.45, 2.75) is 40.5 Å². The second kappa shape index (κ2) is 5.68. The molecule has 1 aromatic rings. The van der Waals surface area contributed by atoms with Crippen LogP contribution in [0.3, 0.4) is 0 Å². The van der Waals surface area contributed by atoms with Crippen LogP contribution in [0.25, 0.3) is 0 Å². The first-order valence-corrected chi connectivity index (χ1v) is 5.81. The Morgan fingerprint density at radius 2 is 2.06 bits per heavy atom. The van der Waals surface area contributed by atoms with Crippen molar-refractivity contribution in [1.82, 2.24) is 10.2 Å². The summed E-state index contributed by atoms with van der Waals surface area (Å²) in [6.07, 6.45) is 3.17. The number of nitrogens with zero attached hydrogens (tertiary/aromatic N) is 1. The minimum absolute atomic E-state index is 0.0569. The zero-order valence-corrected chi connectivity index (χ0v) is 10.5. The van der Waals surface area contributed by atoms with Crippen molar-refractivity contribution in [1.29, 1.82) is 0 Å². The van der Waals surface area contributed by atoms with Gasteiger partial charge in [-0.2, -0.15) is 5.10 Å². The molecule has 0 spiro atoms. The van der Waals surface area contributed by atoms with Gasteiger partial charge in [0.05, 0.1) is 11.4 Å². The van der Waals surface area contributed by atoms with Gasteiger partial charge >= 0.3 is 0 Å². The van der Waals surface area contributed by atoms with Crippen molar-refractivity contribution in [2.75, 3.05) is 5.32 Å². The zero-order valence-electron chi connectivity index (χ0n) is 10.5. The molecule has 0 fully saturated rings. The van der Waals surface area contributed by atoms with Crippen LogP contribution < -0.4 is 5.32 Å². The Hall–Kier alpha value is -1.32. The maximum atomic E-state index is 11.6. The van der Waals surface area contributed by atoms with Gasteiger partial charge in [0.25, 0.3) is 0 Å². The fourth-order valence-corrected chi connectivity index (χ4v) is 1.54. The van der Waals surface area contributed by atoms with E-state index in [9.17, 15) is 4.79 Å². The first-order chi connectivity index (χ1) is 7.49. The topological polar surface area (TPSA) is 57.8 Å². The van der Waals surface area contributed by atoms with Crippen LogP contribution in [-0.4, -0.2) is 16.1 Å². The second-order valence-corrected chi connectivity index (χ2v) is 4.99. The summed E-state index contributed by atoms with van der Waals surface area (Å²) < 4.78 is 0. The Bertz CT molecular complexity index is 342. The van der Waals surface area contributed by atoms with E-state index in [-0.39, 0.29) is 5.91 Å².